The van der Waals surface area contributed by atoms with E-state index in [1.54, 1.807) is 0 Å². The fourth-order valence-corrected chi connectivity index (χ4v) is 0.948. The molecule has 0 heterocycles. The lowest BCUT2D eigenvalue weighted by molar-refractivity contribution is -0.888. The van der Waals surface area contributed by atoms with Crippen LogP contribution < -0.4 is 0 Å². The van der Waals surface area contributed by atoms with Crippen LogP contribution in [0.25, 0.3) is 0 Å². The van der Waals surface area contributed by atoms with Gasteiger partial charge in [-0.1, -0.05) is 13.3 Å². The Morgan fingerprint density at radius 1 is 1.00 bits per heavy atom. The van der Waals surface area contributed by atoms with Gasteiger partial charge >= 0.3 is 0 Å². The first-order valence-electron chi connectivity index (χ1n) is 4.44. The summed E-state index contributed by atoms with van der Waals surface area (Å²) >= 11 is 0. The fraction of sp³-hybridized carbons (Fsp3) is 1.00. The maximum absolute atomic E-state index is 2.30. The maximum atomic E-state index is 2.30. The minimum atomic E-state index is 0. The molecule has 0 aromatic rings. The van der Waals surface area contributed by atoms with Gasteiger partial charge in [0.25, 0.3) is 0 Å². The standard InChI is InChI=1S/C9H22N.H2O/c1-5-7-8-9-10(3,4)6-2;/h5-9H2,1-4H3;1H2/q+1;/p-1. The van der Waals surface area contributed by atoms with Crippen molar-refractivity contribution < 1.29 is 9.96 Å². The molecule has 0 radical (unpaired) electrons. The lowest BCUT2D eigenvalue weighted by Gasteiger charge is -2.27. The van der Waals surface area contributed by atoms with Crippen LogP contribution in [0.5, 0.6) is 0 Å². The number of hydrogen-bond acceptors (Lipinski definition) is 1. The van der Waals surface area contributed by atoms with Gasteiger partial charge in [0.1, 0.15) is 0 Å². The third-order valence-electron chi connectivity index (χ3n) is 2.22. The van der Waals surface area contributed by atoms with Gasteiger partial charge < -0.3 is 9.96 Å². The van der Waals surface area contributed by atoms with Crippen LogP contribution >= 0.6 is 0 Å². The molecular weight excluding hydrogens is 138 g/mol. The Morgan fingerprint density at radius 3 is 1.91 bits per heavy atom. The molecule has 0 atom stereocenters. The highest BCUT2D eigenvalue weighted by Gasteiger charge is 2.09. The molecular formula is C9H23NO. The van der Waals surface area contributed by atoms with Crippen LogP contribution in [0, 0.1) is 0 Å². The molecule has 11 heavy (non-hydrogen) atoms. The Bertz CT molecular complexity index is 81.6. The molecule has 0 spiro atoms. The van der Waals surface area contributed by atoms with E-state index in [-0.39, 0.29) is 5.48 Å². The summed E-state index contributed by atoms with van der Waals surface area (Å²) in [6.07, 6.45) is 4.11. The van der Waals surface area contributed by atoms with Crippen molar-refractivity contribution >= 4 is 0 Å². The minimum absolute atomic E-state index is 0. The Balaban J connectivity index is 0. The SMILES string of the molecule is CCCCC[N+](C)(C)CC.[OH-]. The average molecular weight is 161 g/mol. The summed E-state index contributed by atoms with van der Waals surface area (Å²) in [4.78, 5) is 0. The lowest BCUT2D eigenvalue weighted by Crippen LogP contribution is -2.39. The second-order valence-corrected chi connectivity index (χ2v) is 3.68. The zero-order valence-electron chi connectivity index (χ0n) is 8.43. The van der Waals surface area contributed by atoms with Gasteiger partial charge in [-0.25, -0.2) is 0 Å². The van der Waals surface area contributed by atoms with E-state index in [2.05, 4.69) is 27.9 Å². The molecule has 0 fully saturated rings. The second kappa shape index (κ2) is 6.62. The third kappa shape index (κ3) is 7.82. The van der Waals surface area contributed by atoms with Gasteiger partial charge in [0.15, 0.2) is 0 Å². The van der Waals surface area contributed by atoms with E-state index < -0.39 is 0 Å². The van der Waals surface area contributed by atoms with E-state index in [9.17, 15) is 0 Å². The third-order valence-corrected chi connectivity index (χ3v) is 2.22. The first-order chi connectivity index (χ1) is 4.62. The zero-order chi connectivity index (χ0) is 8.04. The summed E-state index contributed by atoms with van der Waals surface area (Å²) in [7, 11) is 4.60. The highest BCUT2D eigenvalue weighted by atomic mass is 16.0. The van der Waals surface area contributed by atoms with Crippen molar-refractivity contribution in [3.8, 4) is 0 Å². The molecule has 0 aliphatic heterocycles. The maximum Gasteiger partial charge on any atom is 0.0782 e. The smallest absolute Gasteiger partial charge is 0.0782 e. The van der Waals surface area contributed by atoms with Crippen molar-refractivity contribution in [2.24, 2.45) is 0 Å². The van der Waals surface area contributed by atoms with E-state index in [0.29, 0.717) is 0 Å². The topological polar surface area (TPSA) is 30.0 Å². The van der Waals surface area contributed by atoms with Crippen molar-refractivity contribution in [1.29, 1.82) is 0 Å². The molecule has 0 saturated carbocycles. The van der Waals surface area contributed by atoms with Gasteiger partial charge in [-0.15, -0.1) is 0 Å². The number of hydrogen-bond donors (Lipinski definition) is 0. The molecule has 0 unspecified atom stereocenters. The highest BCUT2D eigenvalue weighted by Crippen LogP contribution is 2.02. The van der Waals surface area contributed by atoms with Crippen molar-refractivity contribution in [3.05, 3.63) is 0 Å². The van der Waals surface area contributed by atoms with E-state index >= 15 is 0 Å². The van der Waals surface area contributed by atoms with E-state index in [1.165, 1.54) is 36.8 Å². The summed E-state index contributed by atoms with van der Waals surface area (Å²) in [5.41, 5.74) is 0. The van der Waals surface area contributed by atoms with E-state index in [4.69, 9.17) is 0 Å². The quantitative estimate of drug-likeness (QED) is 0.448. The van der Waals surface area contributed by atoms with Crippen LogP contribution in [0.3, 0.4) is 0 Å². The van der Waals surface area contributed by atoms with Crippen LogP contribution in [0.2, 0.25) is 0 Å². The van der Waals surface area contributed by atoms with Gasteiger partial charge in [0.2, 0.25) is 0 Å². The van der Waals surface area contributed by atoms with Crippen LogP contribution in [-0.2, 0) is 0 Å². The highest BCUT2D eigenvalue weighted by molar-refractivity contribution is 4.36. The predicted octanol–water partition coefficient (Wildman–Crippen LogP) is 2.10. The Hall–Kier alpha value is -0.0800. The first-order valence-corrected chi connectivity index (χ1v) is 4.44. The van der Waals surface area contributed by atoms with E-state index in [0.717, 1.165) is 0 Å². The van der Waals surface area contributed by atoms with Crippen LogP contribution in [-0.4, -0.2) is 37.1 Å². The molecule has 0 aliphatic carbocycles. The molecule has 0 aromatic heterocycles. The summed E-state index contributed by atoms with van der Waals surface area (Å²) in [5.74, 6) is 0. The van der Waals surface area contributed by atoms with E-state index in [1.807, 2.05) is 0 Å². The average Bonchev–Trinajstić information content (AvgIpc) is 1.89. The van der Waals surface area contributed by atoms with Crippen molar-refractivity contribution in [2.45, 2.75) is 33.1 Å². The van der Waals surface area contributed by atoms with Gasteiger partial charge in [-0.3, -0.25) is 0 Å². The van der Waals surface area contributed by atoms with Gasteiger partial charge in [-0.05, 0) is 19.8 Å². The van der Waals surface area contributed by atoms with Crippen LogP contribution in [0.1, 0.15) is 33.1 Å². The van der Waals surface area contributed by atoms with Crippen molar-refractivity contribution in [2.75, 3.05) is 27.2 Å². The minimum Gasteiger partial charge on any atom is -0.870 e. The number of nitrogens with zero attached hydrogens (tertiary/aromatic N) is 1. The zero-order valence-corrected chi connectivity index (χ0v) is 8.43. The lowest BCUT2D eigenvalue weighted by atomic mass is 10.2. The van der Waals surface area contributed by atoms with Crippen LogP contribution in [0.15, 0.2) is 0 Å². The molecule has 0 saturated heterocycles. The number of unbranched alkanes of at least 4 members (excludes halogenated alkanes) is 2. The molecule has 70 valence electrons. The fourth-order valence-electron chi connectivity index (χ4n) is 0.948. The Morgan fingerprint density at radius 2 is 1.55 bits per heavy atom. The molecule has 2 nitrogen and oxygen atoms in total. The normalized spacial score (nSPS) is 10.9. The van der Waals surface area contributed by atoms with Crippen molar-refractivity contribution in [1.82, 2.24) is 0 Å². The van der Waals surface area contributed by atoms with Gasteiger partial charge in [0, 0.05) is 0 Å². The molecule has 0 bridgehead atoms. The first kappa shape index (κ1) is 13.5. The van der Waals surface area contributed by atoms with Crippen LogP contribution in [0.4, 0.5) is 0 Å². The Kier molecular flexibility index (Phi) is 8.13. The molecule has 0 aliphatic rings. The summed E-state index contributed by atoms with van der Waals surface area (Å²) in [6, 6.07) is 0. The molecule has 0 aromatic carbocycles. The molecule has 2 heteroatoms. The summed E-state index contributed by atoms with van der Waals surface area (Å²) in [6.45, 7) is 7.10. The predicted molar refractivity (Wildman–Crippen MR) is 49.0 cm³/mol. The summed E-state index contributed by atoms with van der Waals surface area (Å²) < 4.78 is 1.18. The monoisotopic (exact) mass is 161 g/mol. The largest absolute Gasteiger partial charge is 0.870 e. The number of rotatable bonds is 5. The summed E-state index contributed by atoms with van der Waals surface area (Å²) in [5, 5.41) is 0. The second-order valence-electron chi connectivity index (χ2n) is 3.68. The number of quaternary nitrogens is 1. The molecule has 1 N–H and O–H groups in total. The Labute approximate surface area is 71.1 Å². The molecule has 0 amide bonds. The van der Waals surface area contributed by atoms with Crippen molar-refractivity contribution in [3.63, 3.8) is 0 Å². The van der Waals surface area contributed by atoms with Gasteiger partial charge in [0.05, 0.1) is 27.2 Å². The van der Waals surface area contributed by atoms with Gasteiger partial charge in [-0.2, -0.15) is 0 Å². The molecule has 0 rings (SSSR count).